The van der Waals surface area contributed by atoms with Crippen molar-refractivity contribution in [2.75, 3.05) is 0 Å². The van der Waals surface area contributed by atoms with Crippen LogP contribution in [-0.4, -0.2) is 13.0 Å². The van der Waals surface area contributed by atoms with Crippen LogP contribution in [-0.2, 0) is 10.1 Å². The lowest BCUT2D eigenvalue weighted by Crippen LogP contribution is -1.96. The Labute approximate surface area is 116 Å². The minimum Gasteiger partial charge on any atom is -0.282 e. The highest BCUT2D eigenvalue weighted by Gasteiger charge is 2.08. The molecule has 0 aromatic heterocycles. The molecule has 0 saturated heterocycles. The monoisotopic (exact) mass is 292 g/mol. The van der Waals surface area contributed by atoms with Crippen molar-refractivity contribution in [1.29, 1.82) is 0 Å². The fourth-order valence-electron chi connectivity index (χ4n) is 1.49. The summed E-state index contributed by atoms with van der Waals surface area (Å²) in [7, 11) is -4.12. The van der Waals surface area contributed by atoms with Crippen molar-refractivity contribution in [2.45, 2.75) is 14.7 Å². The molecule has 0 unspecified atom stereocenters. The third kappa shape index (κ3) is 3.70. The van der Waals surface area contributed by atoms with E-state index in [1.54, 1.807) is 18.2 Å². The number of hydrogen-bond donors (Lipinski definition) is 1. The van der Waals surface area contributed by atoms with Crippen molar-refractivity contribution in [2.24, 2.45) is 0 Å². The van der Waals surface area contributed by atoms with E-state index in [1.807, 2.05) is 24.3 Å². The largest absolute Gasteiger partial charge is 0.294 e. The van der Waals surface area contributed by atoms with Gasteiger partial charge in [0.15, 0.2) is 0 Å². The molecular formula is C14H12O3S2. The van der Waals surface area contributed by atoms with Crippen molar-refractivity contribution >= 4 is 28.0 Å². The zero-order valence-electron chi connectivity index (χ0n) is 9.98. The standard InChI is InChI=1S/C14H12O3S2/c1-2-11-3-5-12(6-4-11)18-13-7-9-14(10-8-13)19(15,16)17/h2-10H,1H2,(H,15,16,17). The predicted octanol–water partition coefficient (Wildman–Crippen LogP) is 3.73. The van der Waals surface area contributed by atoms with Gasteiger partial charge in [0.05, 0.1) is 4.90 Å². The first kappa shape index (κ1) is 13.9. The van der Waals surface area contributed by atoms with E-state index in [4.69, 9.17) is 4.55 Å². The van der Waals surface area contributed by atoms with Gasteiger partial charge in [-0.25, -0.2) is 0 Å². The third-order valence-electron chi connectivity index (χ3n) is 2.47. The summed E-state index contributed by atoms with van der Waals surface area (Å²) in [6.45, 7) is 3.69. The van der Waals surface area contributed by atoms with Crippen LogP contribution in [0.4, 0.5) is 0 Å². The van der Waals surface area contributed by atoms with Crippen LogP contribution in [0.2, 0.25) is 0 Å². The second-order valence-corrected chi connectivity index (χ2v) is 6.39. The van der Waals surface area contributed by atoms with Crippen LogP contribution in [0.15, 0.2) is 69.8 Å². The van der Waals surface area contributed by atoms with Crippen LogP contribution in [0.5, 0.6) is 0 Å². The van der Waals surface area contributed by atoms with E-state index in [-0.39, 0.29) is 4.90 Å². The number of hydrogen-bond acceptors (Lipinski definition) is 3. The van der Waals surface area contributed by atoms with Gasteiger partial charge in [-0.3, -0.25) is 4.55 Å². The summed E-state index contributed by atoms with van der Waals surface area (Å²) in [5.41, 5.74) is 1.05. The van der Waals surface area contributed by atoms with E-state index < -0.39 is 10.1 Å². The predicted molar refractivity (Wildman–Crippen MR) is 76.9 cm³/mol. The Morgan fingerprint density at radius 3 is 1.84 bits per heavy atom. The van der Waals surface area contributed by atoms with Gasteiger partial charge in [-0.2, -0.15) is 8.42 Å². The van der Waals surface area contributed by atoms with Crippen molar-refractivity contribution < 1.29 is 13.0 Å². The van der Waals surface area contributed by atoms with Crippen molar-refractivity contribution in [1.82, 2.24) is 0 Å². The molecule has 0 atom stereocenters. The minimum atomic E-state index is -4.12. The molecule has 2 aromatic rings. The van der Waals surface area contributed by atoms with Crippen molar-refractivity contribution in [3.8, 4) is 0 Å². The summed E-state index contributed by atoms with van der Waals surface area (Å²) < 4.78 is 30.7. The Kier molecular flexibility index (Phi) is 4.09. The minimum absolute atomic E-state index is 0.0983. The highest BCUT2D eigenvalue weighted by atomic mass is 32.2. The lowest BCUT2D eigenvalue weighted by molar-refractivity contribution is 0.483. The van der Waals surface area contributed by atoms with Gasteiger partial charge in [0.25, 0.3) is 10.1 Å². The van der Waals surface area contributed by atoms with Gasteiger partial charge in [-0.15, -0.1) is 0 Å². The molecule has 0 heterocycles. The first-order valence-electron chi connectivity index (χ1n) is 5.47. The van der Waals surface area contributed by atoms with Crippen LogP contribution >= 0.6 is 11.8 Å². The summed E-state index contributed by atoms with van der Waals surface area (Å²) in [6, 6.07) is 14.0. The van der Waals surface area contributed by atoms with Crippen LogP contribution in [0.1, 0.15) is 5.56 Å². The molecule has 0 aliphatic rings. The van der Waals surface area contributed by atoms with E-state index >= 15 is 0 Å². The molecule has 98 valence electrons. The topological polar surface area (TPSA) is 54.4 Å². The summed E-state index contributed by atoms with van der Waals surface area (Å²) in [5.74, 6) is 0. The van der Waals surface area contributed by atoms with E-state index in [0.717, 1.165) is 15.4 Å². The Hall–Kier alpha value is -1.56. The summed E-state index contributed by atoms with van der Waals surface area (Å²) in [5, 5.41) is 0. The van der Waals surface area contributed by atoms with Gasteiger partial charge in [-0.1, -0.05) is 36.5 Å². The average molecular weight is 292 g/mol. The fraction of sp³-hybridized carbons (Fsp3) is 0. The number of benzene rings is 2. The average Bonchev–Trinajstić information content (AvgIpc) is 2.39. The van der Waals surface area contributed by atoms with Crippen molar-refractivity contribution in [3.05, 3.63) is 60.7 Å². The molecule has 2 rings (SSSR count). The zero-order valence-corrected chi connectivity index (χ0v) is 11.6. The zero-order chi connectivity index (χ0) is 13.9. The molecule has 2 aromatic carbocycles. The van der Waals surface area contributed by atoms with Gasteiger partial charge < -0.3 is 0 Å². The molecular weight excluding hydrogens is 280 g/mol. The molecule has 0 amide bonds. The second-order valence-electron chi connectivity index (χ2n) is 3.82. The van der Waals surface area contributed by atoms with E-state index in [2.05, 4.69) is 6.58 Å². The van der Waals surface area contributed by atoms with Gasteiger partial charge in [0.2, 0.25) is 0 Å². The highest BCUT2D eigenvalue weighted by molar-refractivity contribution is 7.99. The molecule has 0 fully saturated rings. The Balaban J connectivity index is 2.17. The summed E-state index contributed by atoms with van der Waals surface area (Å²) in [4.78, 5) is 1.85. The first-order valence-corrected chi connectivity index (χ1v) is 7.72. The maximum Gasteiger partial charge on any atom is 0.294 e. The molecule has 0 aliphatic carbocycles. The molecule has 1 N–H and O–H groups in total. The van der Waals surface area contributed by atoms with Crippen LogP contribution < -0.4 is 0 Å². The van der Waals surface area contributed by atoms with Gasteiger partial charge in [0, 0.05) is 9.79 Å². The quantitative estimate of drug-likeness (QED) is 0.872. The molecule has 0 radical (unpaired) electrons. The Morgan fingerprint density at radius 2 is 1.42 bits per heavy atom. The Bertz CT molecular complexity index is 672. The molecule has 3 nitrogen and oxygen atoms in total. The smallest absolute Gasteiger partial charge is 0.282 e. The molecule has 0 saturated carbocycles. The Morgan fingerprint density at radius 1 is 0.947 bits per heavy atom. The fourth-order valence-corrected chi connectivity index (χ4v) is 2.78. The van der Waals surface area contributed by atoms with E-state index in [0.29, 0.717) is 0 Å². The van der Waals surface area contributed by atoms with Gasteiger partial charge in [0.1, 0.15) is 0 Å². The molecule has 19 heavy (non-hydrogen) atoms. The van der Waals surface area contributed by atoms with Crippen LogP contribution in [0.3, 0.4) is 0 Å². The maximum absolute atomic E-state index is 10.9. The third-order valence-corrected chi connectivity index (χ3v) is 4.36. The van der Waals surface area contributed by atoms with Crippen molar-refractivity contribution in [3.63, 3.8) is 0 Å². The number of rotatable bonds is 4. The maximum atomic E-state index is 10.9. The van der Waals surface area contributed by atoms with E-state index in [1.165, 1.54) is 23.9 Å². The van der Waals surface area contributed by atoms with Crippen LogP contribution in [0.25, 0.3) is 6.08 Å². The molecule has 0 aliphatic heterocycles. The van der Waals surface area contributed by atoms with E-state index in [9.17, 15) is 8.42 Å². The lowest BCUT2D eigenvalue weighted by Gasteiger charge is -2.03. The second kappa shape index (κ2) is 5.61. The van der Waals surface area contributed by atoms with Crippen LogP contribution in [0, 0.1) is 0 Å². The van der Waals surface area contributed by atoms with Gasteiger partial charge in [-0.05, 0) is 42.0 Å². The molecule has 0 spiro atoms. The lowest BCUT2D eigenvalue weighted by atomic mass is 10.2. The first-order chi connectivity index (χ1) is 8.99. The molecule has 0 bridgehead atoms. The summed E-state index contributed by atoms with van der Waals surface area (Å²) >= 11 is 1.52. The highest BCUT2D eigenvalue weighted by Crippen LogP contribution is 2.28. The SMILES string of the molecule is C=Cc1ccc(Sc2ccc(S(=O)(=O)O)cc2)cc1. The molecule has 5 heteroatoms. The normalized spacial score (nSPS) is 11.2. The summed E-state index contributed by atoms with van der Waals surface area (Å²) in [6.07, 6.45) is 1.77. The van der Waals surface area contributed by atoms with Gasteiger partial charge >= 0.3 is 0 Å².